The molecule has 14 heavy (non-hydrogen) atoms. The molecule has 4 nitrogen and oxygen atoms in total. The quantitative estimate of drug-likeness (QED) is 0.821. The number of hydrogen-bond acceptors (Lipinski definition) is 4. The van der Waals surface area contributed by atoms with Crippen molar-refractivity contribution in [3.63, 3.8) is 0 Å². The minimum Gasteiger partial charge on any atom is -0.478 e. The molecule has 1 aromatic heterocycles. The number of aromatic nitrogens is 1. The number of nitrogens with zero attached hydrogens (tertiary/aromatic N) is 1. The first-order valence-corrected chi connectivity index (χ1v) is 4.70. The number of benzene rings is 1. The van der Waals surface area contributed by atoms with Gasteiger partial charge in [-0.3, -0.25) is 0 Å². The number of carbonyl (C=O) groups is 1. The van der Waals surface area contributed by atoms with Gasteiger partial charge in [-0.25, -0.2) is 9.78 Å². The molecule has 0 aliphatic carbocycles. The molecular formula is C9H7NO3S. The van der Waals surface area contributed by atoms with Crippen LogP contribution in [-0.4, -0.2) is 23.2 Å². The molecule has 0 amide bonds. The molecule has 1 N–H and O–H groups in total. The Labute approximate surface area is 83.8 Å². The van der Waals surface area contributed by atoms with Gasteiger partial charge in [0, 0.05) is 0 Å². The summed E-state index contributed by atoms with van der Waals surface area (Å²) in [4.78, 5) is 14.8. The van der Waals surface area contributed by atoms with E-state index in [1.54, 1.807) is 12.1 Å². The number of rotatable bonds is 2. The second-order valence-electron chi connectivity index (χ2n) is 2.67. The molecule has 72 valence electrons. The van der Waals surface area contributed by atoms with Gasteiger partial charge in [-0.2, -0.15) is 0 Å². The lowest BCUT2D eigenvalue weighted by atomic mass is 10.2. The van der Waals surface area contributed by atoms with Crippen molar-refractivity contribution in [2.75, 3.05) is 7.11 Å². The van der Waals surface area contributed by atoms with E-state index in [4.69, 9.17) is 9.84 Å². The lowest BCUT2D eigenvalue weighted by molar-refractivity contribution is 0.0697. The highest BCUT2D eigenvalue weighted by atomic mass is 32.1. The summed E-state index contributed by atoms with van der Waals surface area (Å²) in [5, 5.41) is 9.31. The van der Waals surface area contributed by atoms with Gasteiger partial charge >= 0.3 is 5.97 Å². The molecule has 0 atom stereocenters. The first kappa shape index (κ1) is 8.96. The Balaban J connectivity index is 2.59. The van der Waals surface area contributed by atoms with Crippen LogP contribution in [0.5, 0.6) is 5.19 Å². The van der Waals surface area contributed by atoms with E-state index in [2.05, 4.69) is 4.98 Å². The molecule has 0 aliphatic heterocycles. The summed E-state index contributed by atoms with van der Waals surface area (Å²) in [7, 11) is 1.54. The van der Waals surface area contributed by atoms with Crippen LogP contribution in [0.4, 0.5) is 0 Å². The SMILES string of the molecule is COc1nc2ccc(C(=O)O)cc2s1. The van der Waals surface area contributed by atoms with Gasteiger partial charge in [-0.05, 0) is 18.2 Å². The van der Waals surface area contributed by atoms with Crippen molar-refractivity contribution in [3.05, 3.63) is 23.8 Å². The largest absolute Gasteiger partial charge is 0.478 e. The predicted molar refractivity (Wildman–Crippen MR) is 53.1 cm³/mol. The van der Waals surface area contributed by atoms with Crippen molar-refractivity contribution in [1.82, 2.24) is 4.98 Å². The fraction of sp³-hybridized carbons (Fsp3) is 0.111. The lowest BCUT2D eigenvalue weighted by Crippen LogP contribution is -1.94. The number of carboxylic acids is 1. The first-order chi connectivity index (χ1) is 6.70. The number of hydrogen-bond donors (Lipinski definition) is 1. The van der Waals surface area contributed by atoms with Gasteiger partial charge in [-0.15, -0.1) is 0 Å². The van der Waals surface area contributed by atoms with Crippen molar-refractivity contribution in [3.8, 4) is 5.19 Å². The first-order valence-electron chi connectivity index (χ1n) is 3.88. The number of carboxylic acid groups (broad SMARTS) is 1. The van der Waals surface area contributed by atoms with E-state index in [1.807, 2.05) is 0 Å². The van der Waals surface area contributed by atoms with Gasteiger partial charge in [-0.1, -0.05) is 11.3 Å². The normalized spacial score (nSPS) is 10.4. The van der Waals surface area contributed by atoms with Gasteiger partial charge in [0.25, 0.3) is 5.19 Å². The Hall–Kier alpha value is -1.62. The van der Waals surface area contributed by atoms with Crippen LogP contribution in [0.3, 0.4) is 0 Å². The summed E-state index contributed by atoms with van der Waals surface area (Å²) >= 11 is 1.33. The van der Waals surface area contributed by atoms with Crippen molar-refractivity contribution in [1.29, 1.82) is 0 Å². The number of thiazole rings is 1. The van der Waals surface area contributed by atoms with Crippen molar-refractivity contribution in [2.24, 2.45) is 0 Å². The van der Waals surface area contributed by atoms with Gasteiger partial charge in [0.15, 0.2) is 0 Å². The molecule has 1 aromatic carbocycles. The number of ether oxygens (including phenoxy) is 1. The molecule has 0 bridgehead atoms. The standard InChI is InChI=1S/C9H7NO3S/c1-13-9-10-6-3-2-5(8(11)12)4-7(6)14-9/h2-4H,1H3,(H,11,12). The van der Waals surface area contributed by atoms with Crippen LogP contribution in [-0.2, 0) is 0 Å². The molecule has 0 saturated carbocycles. The number of fused-ring (bicyclic) bond motifs is 1. The molecule has 2 aromatic rings. The van der Waals surface area contributed by atoms with Crippen molar-refractivity contribution >= 4 is 27.5 Å². The highest BCUT2D eigenvalue weighted by Crippen LogP contribution is 2.27. The second-order valence-corrected chi connectivity index (χ2v) is 3.66. The van der Waals surface area contributed by atoms with Crippen molar-refractivity contribution < 1.29 is 14.6 Å². The molecular weight excluding hydrogens is 202 g/mol. The molecule has 1 heterocycles. The van der Waals surface area contributed by atoms with Crippen molar-refractivity contribution in [2.45, 2.75) is 0 Å². The number of aromatic carboxylic acids is 1. The zero-order valence-electron chi connectivity index (χ0n) is 7.35. The highest BCUT2D eigenvalue weighted by Gasteiger charge is 2.07. The fourth-order valence-electron chi connectivity index (χ4n) is 1.12. The van der Waals surface area contributed by atoms with Crippen LogP contribution in [0.1, 0.15) is 10.4 Å². The Morgan fingerprint density at radius 3 is 3.00 bits per heavy atom. The predicted octanol–water partition coefficient (Wildman–Crippen LogP) is 2.00. The van der Waals surface area contributed by atoms with Crippen LogP contribution in [0.15, 0.2) is 18.2 Å². The maximum absolute atomic E-state index is 10.7. The van der Waals surface area contributed by atoms with E-state index in [0.29, 0.717) is 5.19 Å². The smallest absolute Gasteiger partial charge is 0.335 e. The summed E-state index contributed by atoms with van der Waals surface area (Å²) in [6, 6.07) is 4.81. The number of methoxy groups -OCH3 is 1. The minimum atomic E-state index is -0.931. The van der Waals surface area contributed by atoms with E-state index in [-0.39, 0.29) is 5.56 Å². The third-order valence-electron chi connectivity index (χ3n) is 1.79. The van der Waals surface area contributed by atoms with Crippen LogP contribution >= 0.6 is 11.3 Å². The molecule has 0 unspecified atom stereocenters. The van der Waals surface area contributed by atoms with Crippen LogP contribution in [0, 0.1) is 0 Å². The second kappa shape index (κ2) is 3.26. The minimum absolute atomic E-state index is 0.267. The van der Waals surface area contributed by atoms with Crippen LogP contribution in [0.25, 0.3) is 10.2 Å². The van der Waals surface area contributed by atoms with E-state index in [0.717, 1.165) is 10.2 Å². The molecule has 0 saturated heterocycles. The zero-order valence-corrected chi connectivity index (χ0v) is 8.17. The van der Waals surface area contributed by atoms with E-state index in [9.17, 15) is 4.79 Å². The molecule has 0 spiro atoms. The Morgan fingerprint density at radius 2 is 2.36 bits per heavy atom. The average Bonchev–Trinajstić information content (AvgIpc) is 2.58. The van der Waals surface area contributed by atoms with E-state index < -0.39 is 5.97 Å². The molecule has 0 aliphatic rings. The fourth-order valence-corrected chi connectivity index (χ4v) is 1.94. The maximum atomic E-state index is 10.7. The summed E-state index contributed by atoms with van der Waals surface area (Å²) in [6.07, 6.45) is 0. The summed E-state index contributed by atoms with van der Waals surface area (Å²) < 4.78 is 5.78. The Morgan fingerprint density at radius 1 is 1.57 bits per heavy atom. The highest BCUT2D eigenvalue weighted by molar-refractivity contribution is 7.20. The maximum Gasteiger partial charge on any atom is 0.335 e. The van der Waals surface area contributed by atoms with Crippen LogP contribution in [0.2, 0.25) is 0 Å². The van der Waals surface area contributed by atoms with Gasteiger partial charge in [0.1, 0.15) is 0 Å². The van der Waals surface area contributed by atoms with Crippen LogP contribution < -0.4 is 4.74 Å². The topological polar surface area (TPSA) is 59.4 Å². The van der Waals surface area contributed by atoms with Gasteiger partial charge in [0.2, 0.25) is 0 Å². The lowest BCUT2D eigenvalue weighted by Gasteiger charge is -1.91. The Bertz CT molecular complexity index is 492. The third kappa shape index (κ3) is 1.42. The Kier molecular flexibility index (Phi) is 2.09. The zero-order chi connectivity index (χ0) is 10.1. The summed E-state index contributed by atoms with van der Waals surface area (Å²) in [6.45, 7) is 0. The molecule has 0 fully saturated rings. The average molecular weight is 209 g/mol. The molecule has 0 radical (unpaired) electrons. The van der Waals surface area contributed by atoms with E-state index in [1.165, 1.54) is 24.5 Å². The monoisotopic (exact) mass is 209 g/mol. The summed E-state index contributed by atoms with van der Waals surface area (Å²) in [5.74, 6) is -0.931. The molecule has 2 rings (SSSR count). The third-order valence-corrected chi connectivity index (χ3v) is 2.77. The summed E-state index contributed by atoms with van der Waals surface area (Å²) in [5.41, 5.74) is 1.03. The van der Waals surface area contributed by atoms with E-state index >= 15 is 0 Å². The molecule has 5 heteroatoms. The van der Waals surface area contributed by atoms with Gasteiger partial charge < -0.3 is 9.84 Å². The van der Waals surface area contributed by atoms with Gasteiger partial charge in [0.05, 0.1) is 22.9 Å².